The number of methoxy groups -OCH3 is 1. The molecule has 7 heteroatoms. The number of hydrogen-bond donors (Lipinski definition) is 0. The number of ether oxygens (including phenoxy) is 1. The van der Waals surface area contributed by atoms with Gasteiger partial charge >= 0.3 is 0 Å². The fraction of sp³-hybridized carbons (Fsp3) is 0.200. The van der Waals surface area contributed by atoms with Crippen LogP contribution in [0.1, 0.15) is 21.6 Å². The first-order valence-electron chi connectivity index (χ1n) is 6.58. The molecular weight excluding hydrogens is 348 g/mol. The van der Waals surface area contributed by atoms with E-state index in [1.54, 1.807) is 19.5 Å². The largest absolute Gasteiger partial charge is 0.481 e. The van der Waals surface area contributed by atoms with Crippen molar-refractivity contribution in [2.24, 2.45) is 0 Å². The van der Waals surface area contributed by atoms with Crippen LogP contribution in [0, 0.1) is 6.92 Å². The standard InChI is InChI=1S/C15H13BrN4O2/c1-9-12(18-8-19-15(9)22-2)6-20-5-10(7-21)14-13(20)3-11(16)4-17-14/h3-5,7-8H,6H2,1-2H3. The number of halogens is 1. The Morgan fingerprint density at radius 3 is 2.91 bits per heavy atom. The summed E-state index contributed by atoms with van der Waals surface area (Å²) in [6.45, 7) is 2.42. The Morgan fingerprint density at radius 2 is 2.18 bits per heavy atom. The van der Waals surface area contributed by atoms with Gasteiger partial charge in [0.2, 0.25) is 5.88 Å². The summed E-state index contributed by atoms with van der Waals surface area (Å²) in [6.07, 6.45) is 5.75. The van der Waals surface area contributed by atoms with Gasteiger partial charge in [0.15, 0.2) is 6.29 Å². The van der Waals surface area contributed by atoms with Gasteiger partial charge in [-0.25, -0.2) is 9.97 Å². The number of carbonyl (C=O) groups is 1. The van der Waals surface area contributed by atoms with Crippen LogP contribution in [0.15, 0.2) is 29.3 Å². The highest BCUT2D eigenvalue weighted by molar-refractivity contribution is 9.10. The third-order valence-electron chi connectivity index (χ3n) is 3.49. The molecule has 3 heterocycles. The summed E-state index contributed by atoms with van der Waals surface area (Å²) in [5, 5.41) is 0. The van der Waals surface area contributed by atoms with E-state index in [1.807, 2.05) is 17.6 Å². The summed E-state index contributed by atoms with van der Waals surface area (Å²) in [4.78, 5) is 23.9. The molecule has 3 aromatic rings. The summed E-state index contributed by atoms with van der Waals surface area (Å²) in [7, 11) is 1.58. The van der Waals surface area contributed by atoms with E-state index in [1.165, 1.54) is 6.33 Å². The summed E-state index contributed by atoms with van der Waals surface area (Å²) in [5.41, 5.74) is 3.81. The van der Waals surface area contributed by atoms with Crippen LogP contribution in [0.4, 0.5) is 0 Å². The smallest absolute Gasteiger partial charge is 0.219 e. The first-order chi connectivity index (χ1) is 10.6. The van der Waals surface area contributed by atoms with Crippen molar-refractivity contribution in [3.8, 4) is 5.88 Å². The summed E-state index contributed by atoms with van der Waals surface area (Å²) >= 11 is 3.41. The van der Waals surface area contributed by atoms with E-state index in [4.69, 9.17) is 4.74 Å². The Bertz CT molecular complexity index is 860. The molecule has 0 spiro atoms. The van der Waals surface area contributed by atoms with Crippen LogP contribution in [0.2, 0.25) is 0 Å². The van der Waals surface area contributed by atoms with Crippen molar-refractivity contribution in [2.75, 3.05) is 7.11 Å². The first-order valence-corrected chi connectivity index (χ1v) is 7.37. The van der Waals surface area contributed by atoms with Crippen molar-refractivity contribution >= 4 is 33.2 Å². The van der Waals surface area contributed by atoms with Gasteiger partial charge in [0.1, 0.15) is 6.33 Å². The monoisotopic (exact) mass is 360 g/mol. The molecule has 0 saturated heterocycles. The number of pyridine rings is 1. The van der Waals surface area contributed by atoms with Gasteiger partial charge < -0.3 is 9.30 Å². The number of carbonyl (C=O) groups excluding carboxylic acids is 1. The van der Waals surface area contributed by atoms with Gasteiger partial charge in [-0.1, -0.05) is 0 Å². The molecule has 0 N–H and O–H groups in total. The van der Waals surface area contributed by atoms with Crippen LogP contribution in [0.25, 0.3) is 11.0 Å². The van der Waals surface area contributed by atoms with Gasteiger partial charge in [0, 0.05) is 22.4 Å². The van der Waals surface area contributed by atoms with E-state index in [2.05, 4.69) is 30.9 Å². The maximum absolute atomic E-state index is 11.2. The molecule has 22 heavy (non-hydrogen) atoms. The lowest BCUT2D eigenvalue weighted by molar-refractivity contribution is 0.112. The van der Waals surface area contributed by atoms with Crippen molar-refractivity contribution in [3.63, 3.8) is 0 Å². The van der Waals surface area contributed by atoms with E-state index in [-0.39, 0.29) is 0 Å². The molecule has 6 nitrogen and oxygen atoms in total. The van der Waals surface area contributed by atoms with E-state index >= 15 is 0 Å². The minimum atomic E-state index is 0.507. The fourth-order valence-electron chi connectivity index (χ4n) is 2.38. The quantitative estimate of drug-likeness (QED) is 0.669. The van der Waals surface area contributed by atoms with Crippen LogP contribution in [0.5, 0.6) is 5.88 Å². The lowest BCUT2D eigenvalue weighted by Gasteiger charge is -2.10. The van der Waals surface area contributed by atoms with Crippen molar-refractivity contribution in [1.82, 2.24) is 19.5 Å². The maximum atomic E-state index is 11.2. The highest BCUT2D eigenvalue weighted by Crippen LogP contribution is 2.24. The SMILES string of the molecule is COc1ncnc(Cn2cc(C=O)c3ncc(Br)cc32)c1C. The van der Waals surface area contributed by atoms with E-state index in [0.29, 0.717) is 23.5 Å². The summed E-state index contributed by atoms with van der Waals surface area (Å²) in [5.74, 6) is 0.552. The molecule has 0 aliphatic rings. The number of aromatic nitrogens is 4. The second kappa shape index (κ2) is 5.84. The number of fused-ring (bicyclic) bond motifs is 1. The molecule has 0 aliphatic heterocycles. The van der Waals surface area contributed by atoms with Crippen LogP contribution < -0.4 is 4.74 Å². The van der Waals surface area contributed by atoms with Crippen LogP contribution >= 0.6 is 15.9 Å². The topological polar surface area (TPSA) is 69.9 Å². The van der Waals surface area contributed by atoms with Gasteiger partial charge in [0.05, 0.1) is 35.9 Å². The zero-order valence-electron chi connectivity index (χ0n) is 12.1. The second-order valence-electron chi connectivity index (χ2n) is 4.81. The molecule has 112 valence electrons. The Labute approximate surface area is 135 Å². The average molecular weight is 361 g/mol. The number of aldehydes is 1. The lowest BCUT2D eigenvalue weighted by atomic mass is 10.2. The maximum Gasteiger partial charge on any atom is 0.219 e. The van der Waals surface area contributed by atoms with Crippen molar-refractivity contribution in [1.29, 1.82) is 0 Å². The molecule has 0 amide bonds. The highest BCUT2D eigenvalue weighted by atomic mass is 79.9. The molecule has 0 unspecified atom stereocenters. The van der Waals surface area contributed by atoms with E-state index < -0.39 is 0 Å². The van der Waals surface area contributed by atoms with Gasteiger partial charge in [-0.15, -0.1) is 0 Å². The molecule has 0 aromatic carbocycles. The van der Waals surface area contributed by atoms with Crippen molar-refractivity contribution in [3.05, 3.63) is 46.1 Å². The minimum absolute atomic E-state index is 0.507. The van der Waals surface area contributed by atoms with Crippen LogP contribution in [-0.4, -0.2) is 32.9 Å². The molecule has 0 aliphatic carbocycles. The third-order valence-corrected chi connectivity index (χ3v) is 3.93. The number of hydrogen-bond acceptors (Lipinski definition) is 5. The van der Waals surface area contributed by atoms with Crippen molar-refractivity contribution < 1.29 is 9.53 Å². The molecule has 3 rings (SSSR count). The molecule has 0 radical (unpaired) electrons. The predicted octanol–water partition coefficient (Wildman–Crippen LogP) is 2.77. The zero-order chi connectivity index (χ0) is 15.7. The Morgan fingerprint density at radius 1 is 1.36 bits per heavy atom. The number of nitrogens with zero attached hydrogens (tertiary/aromatic N) is 4. The summed E-state index contributed by atoms with van der Waals surface area (Å²) in [6, 6.07) is 1.93. The normalized spacial score (nSPS) is 10.9. The summed E-state index contributed by atoms with van der Waals surface area (Å²) < 4.78 is 8.03. The highest BCUT2D eigenvalue weighted by Gasteiger charge is 2.13. The molecular formula is C15H13BrN4O2. The van der Waals surface area contributed by atoms with Crippen LogP contribution in [0.3, 0.4) is 0 Å². The number of rotatable bonds is 4. The Hall–Kier alpha value is -2.28. The van der Waals surface area contributed by atoms with Crippen molar-refractivity contribution in [2.45, 2.75) is 13.5 Å². The minimum Gasteiger partial charge on any atom is -0.481 e. The molecule has 0 atom stereocenters. The first kappa shape index (κ1) is 14.6. The van der Waals surface area contributed by atoms with Gasteiger partial charge in [-0.05, 0) is 28.9 Å². The Balaban J connectivity index is 2.11. The zero-order valence-corrected chi connectivity index (χ0v) is 13.7. The van der Waals surface area contributed by atoms with Gasteiger partial charge in [0.25, 0.3) is 0 Å². The molecule has 0 bridgehead atoms. The van der Waals surface area contributed by atoms with E-state index in [9.17, 15) is 4.79 Å². The second-order valence-corrected chi connectivity index (χ2v) is 5.72. The molecule has 3 aromatic heterocycles. The Kier molecular flexibility index (Phi) is 3.89. The van der Waals surface area contributed by atoms with Crippen LogP contribution in [-0.2, 0) is 6.54 Å². The van der Waals surface area contributed by atoms with E-state index in [0.717, 1.165) is 27.5 Å². The predicted molar refractivity (Wildman–Crippen MR) is 85.2 cm³/mol. The third kappa shape index (κ3) is 2.48. The molecule has 0 fully saturated rings. The van der Waals surface area contributed by atoms with Gasteiger partial charge in [-0.3, -0.25) is 9.78 Å². The fourth-order valence-corrected chi connectivity index (χ4v) is 2.70. The average Bonchev–Trinajstić information content (AvgIpc) is 2.86. The lowest BCUT2D eigenvalue weighted by Crippen LogP contribution is -2.05. The molecule has 0 saturated carbocycles. The van der Waals surface area contributed by atoms with Gasteiger partial charge in [-0.2, -0.15) is 0 Å².